The molecule has 0 N–H and O–H groups in total. The van der Waals surface area contributed by atoms with Gasteiger partial charge in [-0.15, -0.1) is 0 Å². The van der Waals surface area contributed by atoms with Gasteiger partial charge in [0.2, 0.25) is 5.89 Å². The number of fused-ring (bicyclic) bond motifs is 1. The van der Waals surface area contributed by atoms with E-state index in [1.165, 1.54) is 7.11 Å². The first-order chi connectivity index (χ1) is 11.2. The average molecular weight is 308 g/mol. The van der Waals surface area contributed by atoms with E-state index in [0.717, 1.165) is 5.56 Å². The standard InChI is InChI=1S/C17H12N2O4/c1-21-17(20)12-5-6-14-15(10-12)23-16(19-14)11-3-2-4-13(9-11)22-8-7-18/h2-6,9-10H,8H2,1H3. The number of rotatable bonds is 4. The highest BCUT2D eigenvalue weighted by molar-refractivity contribution is 5.93. The van der Waals surface area contributed by atoms with Gasteiger partial charge < -0.3 is 13.9 Å². The fourth-order valence-electron chi connectivity index (χ4n) is 2.13. The van der Waals surface area contributed by atoms with Crippen molar-refractivity contribution in [2.75, 3.05) is 13.7 Å². The third-order valence-corrected chi connectivity index (χ3v) is 3.19. The number of carbonyl (C=O) groups is 1. The summed E-state index contributed by atoms with van der Waals surface area (Å²) in [5.74, 6) is 0.530. The Labute approximate surface area is 131 Å². The molecular weight excluding hydrogens is 296 g/mol. The van der Waals surface area contributed by atoms with Crippen molar-refractivity contribution in [2.45, 2.75) is 0 Å². The van der Waals surface area contributed by atoms with Crippen molar-refractivity contribution in [1.29, 1.82) is 5.26 Å². The van der Waals surface area contributed by atoms with Crippen LogP contribution in [0.1, 0.15) is 10.4 Å². The van der Waals surface area contributed by atoms with Crippen molar-refractivity contribution in [3.05, 3.63) is 48.0 Å². The Kier molecular flexibility index (Phi) is 3.93. The largest absolute Gasteiger partial charge is 0.479 e. The van der Waals surface area contributed by atoms with Crippen molar-refractivity contribution in [3.63, 3.8) is 0 Å². The number of hydrogen-bond donors (Lipinski definition) is 0. The normalized spacial score (nSPS) is 10.3. The minimum Gasteiger partial charge on any atom is -0.479 e. The summed E-state index contributed by atoms with van der Waals surface area (Å²) in [4.78, 5) is 15.9. The summed E-state index contributed by atoms with van der Waals surface area (Å²) in [6.07, 6.45) is 0. The van der Waals surface area contributed by atoms with Crippen LogP contribution in [0.15, 0.2) is 46.9 Å². The van der Waals surface area contributed by atoms with Gasteiger partial charge in [0.25, 0.3) is 0 Å². The van der Waals surface area contributed by atoms with Gasteiger partial charge in [0, 0.05) is 5.56 Å². The van der Waals surface area contributed by atoms with Crippen LogP contribution < -0.4 is 4.74 Å². The first kappa shape index (κ1) is 14.6. The first-order valence-corrected chi connectivity index (χ1v) is 6.80. The molecule has 0 bridgehead atoms. The number of carbonyl (C=O) groups excluding carboxylic acids is 1. The lowest BCUT2D eigenvalue weighted by Crippen LogP contribution is -2.00. The molecule has 1 heterocycles. The van der Waals surface area contributed by atoms with E-state index in [9.17, 15) is 4.79 Å². The SMILES string of the molecule is COC(=O)c1ccc2nc(-c3cccc(OCC#N)c3)oc2c1. The zero-order chi connectivity index (χ0) is 16.2. The minimum atomic E-state index is -0.434. The van der Waals surface area contributed by atoms with Crippen molar-refractivity contribution in [1.82, 2.24) is 4.98 Å². The Hall–Kier alpha value is -3.33. The van der Waals surface area contributed by atoms with E-state index in [1.54, 1.807) is 36.4 Å². The molecule has 3 rings (SSSR count). The summed E-state index contributed by atoms with van der Waals surface area (Å²) in [5.41, 5.74) is 2.24. The number of aromatic nitrogens is 1. The van der Waals surface area contributed by atoms with Crippen molar-refractivity contribution in [3.8, 4) is 23.3 Å². The van der Waals surface area contributed by atoms with E-state index >= 15 is 0 Å². The quantitative estimate of drug-likeness (QED) is 0.688. The second-order valence-corrected chi connectivity index (χ2v) is 4.67. The van der Waals surface area contributed by atoms with E-state index in [2.05, 4.69) is 9.72 Å². The highest BCUT2D eigenvalue weighted by atomic mass is 16.5. The molecule has 3 aromatic rings. The molecule has 0 aliphatic rings. The second kappa shape index (κ2) is 6.20. The van der Waals surface area contributed by atoms with Crippen molar-refractivity contribution >= 4 is 17.1 Å². The summed E-state index contributed by atoms with van der Waals surface area (Å²) >= 11 is 0. The summed E-state index contributed by atoms with van der Waals surface area (Å²) in [6, 6.07) is 13.9. The lowest BCUT2D eigenvalue weighted by atomic mass is 10.2. The van der Waals surface area contributed by atoms with Gasteiger partial charge in [0.15, 0.2) is 12.2 Å². The lowest BCUT2D eigenvalue weighted by molar-refractivity contribution is 0.0601. The van der Waals surface area contributed by atoms with Gasteiger partial charge in [-0.1, -0.05) is 6.07 Å². The van der Waals surface area contributed by atoms with Crippen molar-refractivity contribution in [2.24, 2.45) is 0 Å². The number of oxazole rings is 1. The smallest absolute Gasteiger partial charge is 0.337 e. The summed E-state index contributed by atoms with van der Waals surface area (Å²) in [6.45, 7) is -0.0283. The van der Waals surface area contributed by atoms with E-state index in [0.29, 0.717) is 28.3 Å². The fourth-order valence-corrected chi connectivity index (χ4v) is 2.13. The molecule has 0 fully saturated rings. The molecule has 0 aliphatic heterocycles. The van der Waals surface area contributed by atoms with Crippen LogP contribution in [-0.2, 0) is 4.74 Å². The van der Waals surface area contributed by atoms with Crippen LogP contribution in [0.3, 0.4) is 0 Å². The number of hydrogen-bond acceptors (Lipinski definition) is 6. The predicted molar refractivity (Wildman–Crippen MR) is 81.9 cm³/mol. The van der Waals surface area contributed by atoms with Crippen LogP contribution in [0.25, 0.3) is 22.6 Å². The molecule has 6 nitrogen and oxygen atoms in total. The Balaban J connectivity index is 1.97. The Bertz CT molecular complexity index is 908. The zero-order valence-corrected chi connectivity index (χ0v) is 12.3. The molecule has 0 unspecified atom stereocenters. The molecule has 1 aromatic heterocycles. The monoisotopic (exact) mass is 308 g/mol. The molecule has 0 saturated carbocycles. The van der Waals surface area contributed by atoms with Gasteiger partial charge in [0.05, 0.1) is 12.7 Å². The third kappa shape index (κ3) is 2.99. The second-order valence-electron chi connectivity index (χ2n) is 4.67. The maximum atomic E-state index is 11.6. The van der Waals surface area contributed by atoms with E-state index in [4.69, 9.17) is 14.4 Å². The number of nitriles is 1. The summed E-state index contributed by atoms with van der Waals surface area (Å²) < 4.78 is 15.7. The molecule has 2 aromatic carbocycles. The molecule has 0 radical (unpaired) electrons. The molecule has 0 spiro atoms. The van der Waals surface area contributed by atoms with Crippen LogP contribution in [-0.4, -0.2) is 24.7 Å². The first-order valence-electron chi connectivity index (χ1n) is 6.80. The summed E-state index contributed by atoms with van der Waals surface area (Å²) in [5, 5.41) is 8.56. The zero-order valence-electron chi connectivity index (χ0n) is 12.3. The topological polar surface area (TPSA) is 85.4 Å². The van der Waals surface area contributed by atoms with E-state index in [-0.39, 0.29) is 6.61 Å². The van der Waals surface area contributed by atoms with Crippen LogP contribution in [0.4, 0.5) is 0 Å². The minimum absolute atomic E-state index is 0.0283. The van der Waals surface area contributed by atoms with Gasteiger partial charge in [-0.25, -0.2) is 9.78 Å². The Morgan fingerprint density at radius 1 is 1.30 bits per heavy atom. The Morgan fingerprint density at radius 3 is 2.96 bits per heavy atom. The summed E-state index contributed by atoms with van der Waals surface area (Å²) in [7, 11) is 1.32. The van der Waals surface area contributed by atoms with E-state index < -0.39 is 5.97 Å². The van der Waals surface area contributed by atoms with Gasteiger partial charge in [-0.3, -0.25) is 0 Å². The van der Waals surface area contributed by atoms with Crippen LogP contribution in [0.5, 0.6) is 5.75 Å². The maximum Gasteiger partial charge on any atom is 0.337 e. The molecule has 0 atom stereocenters. The van der Waals surface area contributed by atoms with Gasteiger partial charge >= 0.3 is 5.97 Å². The third-order valence-electron chi connectivity index (χ3n) is 3.19. The van der Waals surface area contributed by atoms with Crippen LogP contribution in [0, 0.1) is 11.3 Å². The predicted octanol–water partition coefficient (Wildman–Crippen LogP) is 3.18. The van der Waals surface area contributed by atoms with Gasteiger partial charge in [-0.2, -0.15) is 5.26 Å². The molecule has 0 aliphatic carbocycles. The van der Waals surface area contributed by atoms with Gasteiger partial charge in [-0.05, 0) is 36.4 Å². The molecule has 23 heavy (non-hydrogen) atoms. The maximum absolute atomic E-state index is 11.6. The molecule has 0 amide bonds. The van der Waals surface area contributed by atoms with Crippen molar-refractivity contribution < 1.29 is 18.7 Å². The molecule has 0 saturated heterocycles. The Morgan fingerprint density at radius 2 is 2.17 bits per heavy atom. The number of benzene rings is 2. The number of nitrogens with zero attached hydrogens (tertiary/aromatic N) is 2. The number of esters is 1. The lowest BCUT2D eigenvalue weighted by Gasteiger charge is -2.02. The van der Waals surface area contributed by atoms with E-state index in [1.807, 2.05) is 12.1 Å². The number of methoxy groups -OCH3 is 1. The highest BCUT2D eigenvalue weighted by Gasteiger charge is 2.12. The highest BCUT2D eigenvalue weighted by Crippen LogP contribution is 2.27. The van der Waals surface area contributed by atoms with Gasteiger partial charge in [0.1, 0.15) is 17.3 Å². The van der Waals surface area contributed by atoms with Crippen LogP contribution >= 0.6 is 0 Å². The number of ether oxygens (including phenoxy) is 2. The van der Waals surface area contributed by atoms with Crippen LogP contribution in [0.2, 0.25) is 0 Å². The molecule has 114 valence electrons. The molecular formula is C17H12N2O4. The molecule has 6 heteroatoms. The fraction of sp³-hybridized carbons (Fsp3) is 0.118. The average Bonchev–Trinajstić information content (AvgIpc) is 3.02.